The second-order valence-electron chi connectivity index (χ2n) is 18.4. The zero-order valence-electron chi connectivity index (χ0n) is 43.3. The van der Waals surface area contributed by atoms with Gasteiger partial charge in [-0.2, -0.15) is 0 Å². The van der Waals surface area contributed by atoms with E-state index in [2.05, 4.69) is 54.0 Å². The zero-order valence-corrected chi connectivity index (χ0v) is 46.6. The lowest BCUT2D eigenvalue weighted by Crippen LogP contribution is -2.44. The third kappa shape index (κ3) is 16.2. The van der Waals surface area contributed by atoms with Crippen LogP contribution in [-0.4, -0.2) is 135 Å². The number of nitrogens with zero attached hydrogens (tertiary/aromatic N) is 4. The molecule has 0 fully saturated rings. The summed E-state index contributed by atoms with van der Waals surface area (Å²) in [5.41, 5.74) is 10.3. The molecule has 0 saturated heterocycles. The van der Waals surface area contributed by atoms with Crippen molar-refractivity contribution in [2.45, 2.75) is 120 Å². The van der Waals surface area contributed by atoms with Gasteiger partial charge in [0, 0.05) is 98.3 Å². The molecule has 4 aliphatic heterocycles. The van der Waals surface area contributed by atoms with Crippen LogP contribution in [0, 0.1) is 0 Å². The number of carbonyl (C=O) groups excluding carboxylic acids is 4. The van der Waals surface area contributed by atoms with Crippen molar-refractivity contribution in [2.75, 3.05) is 72.0 Å². The first-order valence-electron chi connectivity index (χ1n) is 25.4. The Bertz CT molecular complexity index is 2790. The van der Waals surface area contributed by atoms with Gasteiger partial charge in [-0.25, -0.2) is 38.8 Å². The fraction of sp³-hybridized carbons (Fsp3) is 0.462. The summed E-state index contributed by atoms with van der Waals surface area (Å²) in [6.07, 6.45) is 4.47. The standard InChI is InChI=1S/C14H20N2O2S.C13H18N2O4S.C13H18N2O2S.C12H16N2O4S/c1-2-3-8-16-10-11(9-14(17)15-18)19-13-7-5-4-6-12(13)16;1-2-7-15-9-10(8-13(16)14-17)20(18,19)12-6-4-3-5-11(12)15;1-2-7-15-9-10(8-13(16)14-17)18-12-6-4-3-5-11(12)15;1-2-14-8-9(7-12(15)13-16)19(17,18)11-6-4-3-5-10(11)14/h4-7,11,18H,2-3,8-10H2,1H3,(H,15,17);3-6,10,17H,2,7-9H2,1H3,(H,14,16);3-6,10,17H,2,7-9H2,1H3,(H,14,16);3-6,9,16H,2,7-8H2,1H3,(H,13,15). The van der Waals surface area contributed by atoms with E-state index in [4.69, 9.17) is 20.8 Å². The average Bonchev–Trinajstić information content (AvgIpc) is 3.43. The number of rotatable bonds is 16. The first-order valence-corrected chi connectivity index (χ1v) is 30.2. The molecule has 8 N–H and O–H groups in total. The largest absolute Gasteiger partial charge is 0.370 e. The Morgan fingerprint density at radius 1 is 0.461 bits per heavy atom. The van der Waals surface area contributed by atoms with Crippen LogP contribution in [0.4, 0.5) is 22.7 Å². The molecule has 20 nitrogen and oxygen atoms in total. The lowest BCUT2D eigenvalue weighted by molar-refractivity contribution is -0.129. The fourth-order valence-electron chi connectivity index (χ4n) is 9.31. The maximum atomic E-state index is 12.5. The van der Waals surface area contributed by atoms with Crippen molar-refractivity contribution in [3.63, 3.8) is 0 Å². The van der Waals surface area contributed by atoms with Crippen molar-refractivity contribution in [1.82, 2.24) is 21.9 Å². The van der Waals surface area contributed by atoms with Crippen LogP contribution in [-0.2, 0) is 38.9 Å². The maximum Gasteiger partial charge on any atom is 0.244 e. The van der Waals surface area contributed by atoms with Gasteiger partial charge in [0.05, 0.1) is 43.0 Å². The van der Waals surface area contributed by atoms with E-state index >= 15 is 0 Å². The lowest BCUT2D eigenvalue weighted by atomic mass is 10.2. The van der Waals surface area contributed by atoms with Crippen LogP contribution in [0.15, 0.2) is 117 Å². The smallest absolute Gasteiger partial charge is 0.244 e. The number of benzene rings is 4. The summed E-state index contributed by atoms with van der Waals surface area (Å²) in [6.45, 7) is 13.9. The molecule has 4 amide bonds. The van der Waals surface area contributed by atoms with E-state index in [0.717, 1.165) is 58.4 Å². The molecule has 4 aromatic carbocycles. The normalized spacial score (nSPS) is 19.4. The average molecular weight is 1130 g/mol. The Labute approximate surface area is 454 Å². The molecule has 4 heterocycles. The number of hydrogen-bond acceptors (Lipinski definition) is 18. The van der Waals surface area contributed by atoms with E-state index < -0.39 is 42.0 Å². The molecule has 416 valence electrons. The molecule has 76 heavy (non-hydrogen) atoms. The van der Waals surface area contributed by atoms with Crippen molar-refractivity contribution < 1.29 is 56.8 Å². The van der Waals surface area contributed by atoms with Crippen LogP contribution >= 0.6 is 23.5 Å². The van der Waals surface area contributed by atoms with Crippen LogP contribution in [0.5, 0.6) is 0 Å². The minimum atomic E-state index is -3.55. The number of thioether (sulfide) groups is 2. The van der Waals surface area contributed by atoms with Crippen LogP contribution < -0.4 is 41.5 Å². The lowest BCUT2D eigenvalue weighted by Gasteiger charge is -2.35. The Morgan fingerprint density at radius 3 is 1.20 bits per heavy atom. The summed E-state index contributed by atoms with van der Waals surface area (Å²) in [5, 5.41) is 33.1. The molecular formula is C52H72N8O12S4. The fourth-order valence-corrected chi connectivity index (χ4v) is 15.7. The number of amides is 4. The van der Waals surface area contributed by atoms with Crippen molar-refractivity contribution in [3.8, 4) is 0 Å². The van der Waals surface area contributed by atoms with Gasteiger partial charge in [-0.1, -0.05) is 75.7 Å². The molecule has 24 heteroatoms. The van der Waals surface area contributed by atoms with Crippen molar-refractivity contribution in [2.24, 2.45) is 0 Å². The van der Waals surface area contributed by atoms with Gasteiger partial charge < -0.3 is 19.6 Å². The van der Waals surface area contributed by atoms with Crippen LogP contribution in [0.1, 0.15) is 79.1 Å². The third-order valence-corrected chi connectivity index (χ3v) is 19.7. The van der Waals surface area contributed by atoms with Crippen LogP contribution in [0.2, 0.25) is 0 Å². The zero-order chi connectivity index (χ0) is 55.4. The Morgan fingerprint density at radius 2 is 0.803 bits per heavy atom. The van der Waals surface area contributed by atoms with Crippen LogP contribution in [0.3, 0.4) is 0 Å². The monoisotopic (exact) mass is 1130 g/mol. The summed E-state index contributed by atoms with van der Waals surface area (Å²) < 4.78 is 49.9. The Balaban J connectivity index is 0.000000187. The molecule has 0 aliphatic carbocycles. The minimum absolute atomic E-state index is 0.193. The summed E-state index contributed by atoms with van der Waals surface area (Å²) in [7, 11) is -7.10. The number of para-hydroxylation sites is 4. The molecule has 4 aromatic rings. The van der Waals surface area contributed by atoms with Crippen molar-refractivity contribution in [1.29, 1.82) is 0 Å². The van der Waals surface area contributed by atoms with Gasteiger partial charge in [0.25, 0.3) is 0 Å². The number of hydroxylamine groups is 4. The summed E-state index contributed by atoms with van der Waals surface area (Å²) >= 11 is 3.44. The number of sulfone groups is 2. The number of unbranched alkanes of at least 4 members (excludes halogenated alkanes) is 1. The van der Waals surface area contributed by atoms with Crippen molar-refractivity contribution in [3.05, 3.63) is 97.1 Å². The summed E-state index contributed by atoms with van der Waals surface area (Å²) in [5.74, 6) is -2.01. The molecule has 0 bridgehead atoms. The molecule has 4 unspecified atom stereocenters. The van der Waals surface area contributed by atoms with Gasteiger partial charge in [0.1, 0.15) is 0 Å². The van der Waals surface area contributed by atoms with Gasteiger partial charge in [0.2, 0.25) is 23.6 Å². The van der Waals surface area contributed by atoms with E-state index in [-0.39, 0.29) is 58.0 Å². The number of anilines is 4. The van der Waals surface area contributed by atoms with E-state index in [1.165, 1.54) is 32.1 Å². The molecule has 4 atom stereocenters. The molecule has 0 saturated carbocycles. The molecular weight excluding hydrogens is 1060 g/mol. The van der Waals surface area contributed by atoms with Gasteiger partial charge in [-0.05, 0) is 74.7 Å². The van der Waals surface area contributed by atoms with Crippen LogP contribution in [0.25, 0.3) is 0 Å². The highest BCUT2D eigenvalue weighted by atomic mass is 32.2. The van der Waals surface area contributed by atoms with E-state index in [1.807, 2.05) is 41.8 Å². The molecule has 0 radical (unpaired) electrons. The quantitative estimate of drug-likeness (QED) is 0.0442. The highest BCUT2D eigenvalue weighted by molar-refractivity contribution is 8.00. The highest BCUT2D eigenvalue weighted by Gasteiger charge is 2.39. The van der Waals surface area contributed by atoms with E-state index in [0.29, 0.717) is 30.8 Å². The number of nitrogens with one attached hydrogen (secondary N) is 4. The van der Waals surface area contributed by atoms with E-state index in [1.54, 1.807) is 83.0 Å². The van der Waals surface area contributed by atoms with Gasteiger partial charge in [0.15, 0.2) is 19.7 Å². The minimum Gasteiger partial charge on any atom is -0.370 e. The first kappa shape index (κ1) is 61.3. The van der Waals surface area contributed by atoms with Crippen molar-refractivity contribution >= 4 is 89.6 Å². The van der Waals surface area contributed by atoms with E-state index in [9.17, 15) is 36.0 Å². The van der Waals surface area contributed by atoms with Gasteiger partial charge in [-0.3, -0.25) is 40.0 Å². The SMILES string of the molecule is CCCCN1CC(CC(=O)NO)Sc2ccccc21.CCCN1CC(CC(=O)NO)S(=O)(=O)c2ccccc21.CCCN1CC(CC(=O)NO)Sc2ccccc21.CCN1CC(CC(=O)NO)S(=O)(=O)c2ccccc21. The molecule has 8 rings (SSSR count). The number of fused-ring (bicyclic) bond motifs is 4. The summed E-state index contributed by atoms with van der Waals surface area (Å²) in [6, 6.07) is 30.2. The predicted octanol–water partition coefficient (Wildman–Crippen LogP) is 6.45. The second kappa shape index (κ2) is 29.8. The number of carbonyl (C=O) groups is 4. The molecule has 0 spiro atoms. The second-order valence-corrected chi connectivity index (χ2v) is 25.4. The Kier molecular flexibility index (Phi) is 24.0. The Hall–Kier alpha value is -5.60. The molecule has 4 aliphatic rings. The highest BCUT2D eigenvalue weighted by Crippen LogP contribution is 2.41. The number of hydrogen-bond donors (Lipinski definition) is 8. The third-order valence-electron chi connectivity index (χ3n) is 12.9. The summed E-state index contributed by atoms with van der Waals surface area (Å²) in [4.78, 5) is 56.6. The topological polar surface area (TPSA) is 279 Å². The molecule has 0 aromatic heterocycles. The predicted molar refractivity (Wildman–Crippen MR) is 295 cm³/mol. The van der Waals surface area contributed by atoms with Gasteiger partial charge in [-0.15, -0.1) is 23.5 Å². The van der Waals surface area contributed by atoms with Gasteiger partial charge >= 0.3 is 0 Å². The maximum absolute atomic E-state index is 12.5. The first-order chi connectivity index (χ1) is 36.5.